The molecule has 1 aromatic heterocycles. The number of hydrogen-bond acceptors (Lipinski definition) is 7. The first-order valence-electron chi connectivity index (χ1n) is 13.0. The van der Waals surface area contributed by atoms with Crippen LogP contribution >= 0.6 is 22.6 Å². The average Bonchev–Trinajstić information content (AvgIpc) is 3.35. The fourth-order valence-electron chi connectivity index (χ4n) is 5.28. The van der Waals surface area contributed by atoms with Crippen LogP contribution in [0, 0.1) is 0 Å². The van der Waals surface area contributed by atoms with Crippen molar-refractivity contribution in [1.82, 2.24) is 30.4 Å². The summed E-state index contributed by atoms with van der Waals surface area (Å²) in [5.74, 6) is -0.147. The van der Waals surface area contributed by atoms with Crippen LogP contribution in [0.2, 0.25) is 0 Å². The standard InChI is InChI=1S/C26H34IN7O3/c27-16-22(37-21-6-3-7-28-17-21)33-10-12-34(13-11-33)26(36)32-24-23(29-8-9-30-24)25(35)31-20-14-18-4-1-2-5-19(18)15-20/h1-2,4-5,8-9,20-22,28H,3,6-7,10-17H2,(H,31,35)(H,30,32,36). The van der Waals surface area contributed by atoms with Crippen LogP contribution in [-0.4, -0.2) is 93.8 Å². The van der Waals surface area contributed by atoms with Gasteiger partial charge in [-0.25, -0.2) is 14.8 Å². The Morgan fingerprint density at radius 1 is 1.11 bits per heavy atom. The van der Waals surface area contributed by atoms with E-state index < -0.39 is 0 Å². The molecule has 2 atom stereocenters. The largest absolute Gasteiger partial charge is 0.358 e. The molecule has 0 bridgehead atoms. The predicted octanol–water partition coefficient (Wildman–Crippen LogP) is 2.05. The highest BCUT2D eigenvalue weighted by molar-refractivity contribution is 14.1. The summed E-state index contributed by atoms with van der Waals surface area (Å²) < 4.78 is 7.24. The van der Waals surface area contributed by atoms with Gasteiger partial charge in [0.25, 0.3) is 5.91 Å². The summed E-state index contributed by atoms with van der Waals surface area (Å²) in [6.07, 6.45) is 7.05. The molecule has 1 aliphatic carbocycles. The molecule has 0 radical (unpaired) electrons. The zero-order chi connectivity index (χ0) is 25.6. The molecule has 2 aliphatic heterocycles. The smallest absolute Gasteiger partial charge is 0.323 e. The second kappa shape index (κ2) is 12.5. The van der Waals surface area contributed by atoms with Crippen LogP contribution in [-0.2, 0) is 17.6 Å². The fraction of sp³-hybridized carbons (Fsp3) is 0.538. The highest BCUT2D eigenvalue weighted by atomic mass is 127. The summed E-state index contributed by atoms with van der Waals surface area (Å²) in [5.41, 5.74) is 2.64. The number of benzene rings is 1. The molecule has 0 spiro atoms. The van der Waals surface area contributed by atoms with Gasteiger partial charge in [-0.1, -0.05) is 46.9 Å². The topological polar surface area (TPSA) is 112 Å². The molecular weight excluding hydrogens is 585 g/mol. The molecule has 3 heterocycles. The fourth-order valence-corrected chi connectivity index (χ4v) is 6.05. The van der Waals surface area contributed by atoms with E-state index >= 15 is 0 Å². The number of hydrogen-bond donors (Lipinski definition) is 3. The lowest BCUT2D eigenvalue weighted by Gasteiger charge is -2.40. The second-order valence-electron chi connectivity index (χ2n) is 9.77. The molecule has 37 heavy (non-hydrogen) atoms. The number of piperidine rings is 1. The summed E-state index contributed by atoms with van der Waals surface area (Å²) in [6, 6.07) is 7.95. The number of fused-ring (bicyclic) bond motifs is 1. The lowest BCUT2D eigenvalue weighted by molar-refractivity contribution is -0.0989. The van der Waals surface area contributed by atoms with E-state index in [2.05, 4.69) is 65.5 Å². The molecule has 2 unspecified atom stereocenters. The van der Waals surface area contributed by atoms with E-state index in [1.54, 1.807) is 4.90 Å². The summed E-state index contributed by atoms with van der Waals surface area (Å²) in [6.45, 7) is 4.58. The number of nitrogens with one attached hydrogen (secondary N) is 3. The molecule has 3 aliphatic rings. The summed E-state index contributed by atoms with van der Waals surface area (Å²) in [5, 5.41) is 9.28. The van der Waals surface area contributed by atoms with Crippen molar-refractivity contribution in [2.24, 2.45) is 0 Å². The minimum Gasteiger partial charge on any atom is -0.358 e. The molecule has 2 fully saturated rings. The maximum Gasteiger partial charge on any atom is 0.323 e. The van der Waals surface area contributed by atoms with Gasteiger partial charge in [0.05, 0.1) is 6.10 Å². The van der Waals surface area contributed by atoms with Crippen molar-refractivity contribution in [3.63, 3.8) is 0 Å². The number of piperazine rings is 1. The lowest BCUT2D eigenvalue weighted by Crippen LogP contribution is -2.55. The number of anilines is 1. The highest BCUT2D eigenvalue weighted by Gasteiger charge is 2.30. The number of carbonyl (C=O) groups is 2. The van der Waals surface area contributed by atoms with Gasteiger partial charge in [-0.15, -0.1) is 0 Å². The molecule has 5 rings (SSSR count). The molecule has 11 heteroatoms. The van der Waals surface area contributed by atoms with Crippen molar-refractivity contribution in [3.8, 4) is 0 Å². The van der Waals surface area contributed by atoms with Crippen LogP contribution in [0.15, 0.2) is 36.7 Å². The molecule has 198 valence electrons. The minimum absolute atomic E-state index is 0.000922. The molecule has 0 saturated carbocycles. The Balaban J connectivity index is 1.14. The first kappa shape index (κ1) is 26.3. The number of ether oxygens (including phenoxy) is 1. The highest BCUT2D eigenvalue weighted by Crippen LogP contribution is 2.22. The molecular formula is C26H34IN7O3. The van der Waals surface area contributed by atoms with Crippen LogP contribution in [0.25, 0.3) is 0 Å². The molecule has 3 N–H and O–H groups in total. The third-order valence-electron chi connectivity index (χ3n) is 7.27. The predicted molar refractivity (Wildman–Crippen MR) is 149 cm³/mol. The molecule has 2 saturated heterocycles. The number of carbonyl (C=O) groups excluding carboxylic acids is 2. The monoisotopic (exact) mass is 619 g/mol. The van der Waals surface area contributed by atoms with Gasteiger partial charge in [0.15, 0.2) is 11.5 Å². The number of alkyl halides is 1. The normalized spacial score (nSPS) is 21.3. The summed E-state index contributed by atoms with van der Waals surface area (Å²) >= 11 is 2.38. The Morgan fingerprint density at radius 2 is 1.84 bits per heavy atom. The number of amides is 3. The minimum atomic E-state index is -0.328. The summed E-state index contributed by atoms with van der Waals surface area (Å²) in [4.78, 5) is 38.6. The van der Waals surface area contributed by atoms with E-state index in [-0.39, 0.29) is 41.8 Å². The number of rotatable bonds is 7. The maximum absolute atomic E-state index is 13.1. The van der Waals surface area contributed by atoms with Crippen LogP contribution < -0.4 is 16.0 Å². The molecule has 2 aromatic rings. The third-order valence-corrected chi connectivity index (χ3v) is 8.02. The zero-order valence-electron chi connectivity index (χ0n) is 20.9. The van der Waals surface area contributed by atoms with Crippen molar-refractivity contribution < 1.29 is 14.3 Å². The van der Waals surface area contributed by atoms with Gasteiger partial charge < -0.3 is 20.3 Å². The van der Waals surface area contributed by atoms with Gasteiger partial charge in [0.2, 0.25) is 0 Å². The number of nitrogens with zero attached hydrogens (tertiary/aromatic N) is 4. The van der Waals surface area contributed by atoms with Crippen LogP contribution in [0.4, 0.5) is 10.6 Å². The Hall–Kier alpha value is -2.35. The van der Waals surface area contributed by atoms with Crippen LogP contribution in [0.5, 0.6) is 0 Å². The van der Waals surface area contributed by atoms with Crippen molar-refractivity contribution in [2.75, 3.05) is 49.0 Å². The van der Waals surface area contributed by atoms with Crippen LogP contribution in [0.1, 0.15) is 34.5 Å². The maximum atomic E-state index is 13.1. The first-order chi connectivity index (χ1) is 18.1. The van der Waals surface area contributed by atoms with Crippen molar-refractivity contribution in [1.29, 1.82) is 0 Å². The quantitative estimate of drug-likeness (QED) is 0.322. The van der Waals surface area contributed by atoms with Gasteiger partial charge in [-0.05, 0) is 43.4 Å². The molecule has 10 nitrogen and oxygen atoms in total. The van der Waals surface area contributed by atoms with E-state index in [4.69, 9.17) is 4.74 Å². The van der Waals surface area contributed by atoms with Gasteiger partial charge >= 0.3 is 6.03 Å². The van der Waals surface area contributed by atoms with Gasteiger partial charge in [-0.2, -0.15) is 0 Å². The van der Waals surface area contributed by atoms with Gasteiger partial charge in [-0.3, -0.25) is 15.0 Å². The third kappa shape index (κ3) is 6.57. The van der Waals surface area contributed by atoms with E-state index in [9.17, 15) is 9.59 Å². The molecule has 3 amide bonds. The average molecular weight is 620 g/mol. The Labute approximate surface area is 231 Å². The van der Waals surface area contributed by atoms with E-state index in [1.165, 1.54) is 23.5 Å². The summed E-state index contributed by atoms with van der Waals surface area (Å²) in [7, 11) is 0. The van der Waals surface area contributed by atoms with Crippen molar-refractivity contribution in [3.05, 3.63) is 53.5 Å². The first-order valence-corrected chi connectivity index (χ1v) is 14.5. The van der Waals surface area contributed by atoms with Crippen LogP contribution in [0.3, 0.4) is 0 Å². The Bertz CT molecular complexity index is 1060. The Morgan fingerprint density at radius 3 is 2.51 bits per heavy atom. The van der Waals surface area contributed by atoms with E-state index in [0.717, 1.165) is 56.3 Å². The van der Waals surface area contributed by atoms with E-state index in [0.29, 0.717) is 13.1 Å². The van der Waals surface area contributed by atoms with Crippen molar-refractivity contribution in [2.45, 2.75) is 44.1 Å². The second-order valence-corrected chi connectivity index (χ2v) is 10.6. The van der Waals surface area contributed by atoms with Gasteiger partial charge in [0, 0.05) is 55.6 Å². The van der Waals surface area contributed by atoms with Gasteiger partial charge in [0.1, 0.15) is 6.23 Å². The number of aromatic nitrogens is 2. The zero-order valence-corrected chi connectivity index (χ0v) is 23.0. The van der Waals surface area contributed by atoms with Crippen molar-refractivity contribution >= 4 is 40.3 Å². The van der Waals surface area contributed by atoms with E-state index in [1.807, 2.05) is 12.1 Å². The Kier molecular flexibility index (Phi) is 8.85. The number of urea groups is 1. The SMILES string of the molecule is O=C(NC1Cc2ccccc2C1)c1nccnc1NC(=O)N1CCN(C(CI)OC2CCCNC2)CC1. The lowest BCUT2D eigenvalue weighted by atomic mass is 10.1. The number of halogens is 1. The molecule has 1 aromatic carbocycles.